The lowest BCUT2D eigenvalue weighted by Crippen LogP contribution is -2.39. The molecule has 0 saturated carbocycles. The summed E-state index contributed by atoms with van der Waals surface area (Å²) in [7, 11) is 0. The number of ether oxygens (including phenoxy) is 1. The number of alkyl halides is 3. The van der Waals surface area contributed by atoms with Crippen molar-refractivity contribution in [1.82, 2.24) is 14.7 Å². The number of rotatable bonds is 5. The van der Waals surface area contributed by atoms with Crippen LogP contribution in [0, 0.1) is 0 Å². The van der Waals surface area contributed by atoms with Crippen molar-refractivity contribution in [1.29, 1.82) is 0 Å². The van der Waals surface area contributed by atoms with E-state index in [1.807, 2.05) is 6.92 Å². The van der Waals surface area contributed by atoms with Gasteiger partial charge in [-0.25, -0.2) is 0 Å². The zero-order valence-electron chi connectivity index (χ0n) is 12.5. The number of hydrogen-bond acceptors (Lipinski definition) is 3. The first-order valence-electron chi connectivity index (χ1n) is 7.39. The summed E-state index contributed by atoms with van der Waals surface area (Å²) in [5.74, 6) is 0.0309. The second-order valence-electron chi connectivity index (χ2n) is 5.24. The summed E-state index contributed by atoms with van der Waals surface area (Å²) < 4.78 is 44.1. The average molecular weight is 319 g/mol. The van der Waals surface area contributed by atoms with E-state index in [4.69, 9.17) is 4.74 Å². The van der Waals surface area contributed by atoms with Crippen molar-refractivity contribution in [2.75, 3.05) is 26.3 Å². The third-order valence-corrected chi connectivity index (χ3v) is 3.75. The molecule has 8 heteroatoms. The van der Waals surface area contributed by atoms with Crippen LogP contribution in [-0.2, 0) is 15.7 Å². The summed E-state index contributed by atoms with van der Waals surface area (Å²) in [5, 5.41) is 3.60. The van der Waals surface area contributed by atoms with Gasteiger partial charge in [-0.2, -0.15) is 18.3 Å². The fourth-order valence-corrected chi connectivity index (χ4v) is 2.53. The Morgan fingerprint density at radius 2 is 2.09 bits per heavy atom. The van der Waals surface area contributed by atoms with Crippen LogP contribution in [0.2, 0.25) is 0 Å². The Bertz CT molecular complexity index is 494. The van der Waals surface area contributed by atoms with Gasteiger partial charge >= 0.3 is 6.18 Å². The van der Waals surface area contributed by atoms with Crippen molar-refractivity contribution in [2.24, 2.45) is 0 Å². The zero-order chi connectivity index (χ0) is 16.2. The summed E-state index contributed by atoms with van der Waals surface area (Å²) in [4.78, 5) is 13.7. The molecule has 2 rings (SSSR count). The highest BCUT2D eigenvalue weighted by Crippen LogP contribution is 2.29. The van der Waals surface area contributed by atoms with Crippen molar-refractivity contribution in [3.63, 3.8) is 0 Å². The molecule has 22 heavy (non-hydrogen) atoms. The maximum Gasteiger partial charge on any atom is 0.435 e. The lowest BCUT2D eigenvalue weighted by Gasteiger charge is -2.32. The molecule has 0 aromatic carbocycles. The number of carbonyl (C=O) groups excluding carboxylic acids is 1. The Morgan fingerprint density at radius 1 is 1.41 bits per heavy atom. The molecule has 0 aliphatic carbocycles. The fourth-order valence-electron chi connectivity index (χ4n) is 2.53. The van der Waals surface area contributed by atoms with Gasteiger partial charge in [0.1, 0.15) is 0 Å². The minimum Gasteiger partial charge on any atom is -0.381 e. The zero-order valence-corrected chi connectivity index (χ0v) is 12.5. The third-order valence-electron chi connectivity index (χ3n) is 3.75. The van der Waals surface area contributed by atoms with Gasteiger partial charge in [-0.3, -0.25) is 9.48 Å². The van der Waals surface area contributed by atoms with Crippen molar-refractivity contribution in [3.05, 3.63) is 18.0 Å². The first kappa shape index (κ1) is 16.8. The topological polar surface area (TPSA) is 47.4 Å². The molecule has 1 amide bonds. The molecule has 1 aliphatic heterocycles. The van der Waals surface area contributed by atoms with E-state index in [1.54, 1.807) is 4.90 Å². The highest BCUT2D eigenvalue weighted by atomic mass is 19.4. The molecule has 0 spiro atoms. The van der Waals surface area contributed by atoms with Crippen molar-refractivity contribution < 1.29 is 22.7 Å². The highest BCUT2D eigenvalue weighted by Gasteiger charge is 2.34. The second kappa shape index (κ2) is 7.13. The summed E-state index contributed by atoms with van der Waals surface area (Å²) in [6, 6.07) is 0.895. The number of likely N-dealkylation sites (tertiary alicyclic amines) is 1. The molecular formula is C14H20F3N3O2. The molecule has 0 atom stereocenters. The van der Waals surface area contributed by atoms with Crippen LogP contribution in [0.3, 0.4) is 0 Å². The Labute approximate surface area is 127 Å². The van der Waals surface area contributed by atoms with Gasteiger partial charge in [-0.1, -0.05) is 0 Å². The molecule has 0 bridgehead atoms. The maximum absolute atomic E-state index is 12.5. The lowest BCUT2D eigenvalue weighted by molar-refractivity contribution is -0.141. The third kappa shape index (κ3) is 4.22. The van der Waals surface area contributed by atoms with Crippen LogP contribution in [-0.4, -0.2) is 46.9 Å². The van der Waals surface area contributed by atoms with E-state index in [9.17, 15) is 18.0 Å². The molecule has 2 heterocycles. The highest BCUT2D eigenvalue weighted by molar-refractivity contribution is 5.76. The lowest BCUT2D eigenvalue weighted by atomic mass is 10.1. The van der Waals surface area contributed by atoms with E-state index in [0.717, 1.165) is 6.07 Å². The molecule has 1 saturated heterocycles. The van der Waals surface area contributed by atoms with E-state index < -0.39 is 11.9 Å². The van der Waals surface area contributed by atoms with Crippen molar-refractivity contribution >= 4 is 5.91 Å². The molecule has 0 unspecified atom stereocenters. The molecule has 5 nitrogen and oxygen atoms in total. The quantitative estimate of drug-likeness (QED) is 0.784. The van der Waals surface area contributed by atoms with Crippen LogP contribution >= 0.6 is 0 Å². The number of amides is 1. The van der Waals surface area contributed by atoms with E-state index in [-0.39, 0.29) is 11.9 Å². The van der Waals surface area contributed by atoms with Gasteiger partial charge in [0.25, 0.3) is 0 Å². The number of piperidine rings is 1. The molecule has 0 N–H and O–H groups in total. The molecule has 0 radical (unpaired) electrons. The summed E-state index contributed by atoms with van der Waals surface area (Å²) in [6.07, 6.45) is -1.49. The van der Waals surface area contributed by atoms with E-state index in [2.05, 4.69) is 5.10 Å². The maximum atomic E-state index is 12.5. The Kier molecular flexibility index (Phi) is 5.44. The fraction of sp³-hybridized carbons (Fsp3) is 0.714. The summed E-state index contributed by atoms with van der Waals surface area (Å²) in [6.45, 7) is 3.93. The van der Waals surface area contributed by atoms with Crippen LogP contribution in [0.25, 0.3) is 0 Å². The Hall–Kier alpha value is -1.57. The van der Waals surface area contributed by atoms with Gasteiger partial charge in [0.2, 0.25) is 5.91 Å². The van der Waals surface area contributed by atoms with Crippen molar-refractivity contribution in [2.45, 2.75) is 38.4 Å². The SMILES string of the molecule is CCOCCC(=O)N1CCC(n2ccc(C(F)(F)F)n2)CC1. The smallest absolute Gasteiger partial charge is 0.381 e. The molecule has 124 valence electrons. The Balaban J connectivity index is 1.84. The number of aromatic nitrogens is 2. The van der Waals surface area contributed by atoms with Gasteiger partial charge in [-0.05, 0) is 25.8 Å². The molecule has 1 fully saturated rings. The van der Waals surface area contributed by atoms with Crippen LogP contribution in [0.4, 0.5) is 13.2 Å². The van der Waals surface area contributed by atoms with Crippen molar-refractivity contribution in [3.8, 4) is 0 Å². The molecular weight excluding hydrogens is 299 g/mol. The summed E-state index contributed by atoms with van der Waals surface area (Å²) in [5.41, 5.74) is -0.872. The van der Waals surface area contributed by atoms with Gasteiger partial charge in [-0.15, -0.1) is 0 Å². The standard InChI is InChI=1S/C14H20F3N3O2/c1-2-22-10-6-13(21)19-7-3-11(4-8-19)20-9-5-12(18-20)14(15,16)17/h5,9,11H,2-4,6-8,10H2,1H3. The number of carbonyl (C=O) groups is 1. The number of halogens is 3. The molecule has 1 aliphatic rings. The molecule has 1 aromatic heterocycles. The minimum absolute atomic E-state index is 0.0309. The van der Waals surface area contributed by atoms with Crippen LogP contribution < -0.4 is 0 Å². The average Bonchev–Trinajstić information content (AvgIpc) is 2.97. The van der Waals surface area contributed by atoms with E-state index in [0.29, 0.717) is 45.6 Å². The van der Waals surface area contributed by atoms with Gasteiger partial charge in [0.05, 0.1) is 19.1 Å². The predicted molar refractivity (Wildman–Crippen MR) is 73.2 cm³/mol. The monoisotopic (exact) mass is 319 g/mol. The van der Waals surface area contributed by atoms with Crippen LogP contribution in [0.1, 0.15) is 37.9 Å². The minimum atomic E-state index is -4.42. The first-order chi connectivity index (χ1) is 10.4. The first-order valence-corrected chi connectivity index (χ1v) is 7.39. The van der Waals surface area contributed by atoms with E-state index >= 15 is 0 Å². The van der Waals surface area contributed by atoms with Crippen LogP contribution in [0.15, 0.2) is 12.3 Å². The van der Waals surface area contributed by atoms with E-state index in [1.165, 1.54) is 10.9 Å². The summed E-state index contributed by atoms with van der Waals surface area (Å²) >= 11 is 0. The second-order valence-corrected chi connectivity index (χ2v) is 5.24. The van der Waals surface area contributed by atoms with Crippen LogP contribution in [0.5, 0.6) is 0 Å². The van der Waals surface area contributed by atoms with Gasteiger partial charge in [0.15, 0.2) is 5.69 Å². The predicted octanol–water partition coefficient (Wildman–Crippen LogP) is 2.49. The van der Waals surface area contributed by atoms with Gasteiger partial charge < -0.3 is 9.64 Å². The normalized spacial score (nSPS) is 17.0. The Morgan fingerprint density at radius 3 is 2.64 bits per heavy atom. The van der Waals surface area contributed by atoms with Gasteiger partial charge in [0, 0.05) is 25.9 Å². The molecule has 1 aromatic rings. The number of hydrogen-bond donors (Lipinski definition) is 0. The number of nitrogens with zero attached hydrogens (tertiary/aromatic N) is 3. The largest absolute Gasteiger partial charge is 0.435 e.